The molecule has 0 aliphatic rings. The van der Waals surface area contributed by atoms with Crippen LogP contribution in [0.4, 0.5) is 5.69 Å². The van der Waals surface area contributed by atoms with E-state index >= 15 is 0 Å². The lowest BCUT2D eigenvalue weighted by molar-refractivity contribution is 0.0943. The predicted molar refractivity (Wildman–Crippen MR) is 128 cm³/mol. The number of hydrogen-bond acceptors (Lipinski definition) is 5. The Bertz CT molecular complexity index is 1300. The van der Waals surface area contributed by atoms with Crippen molar-refractivity contribution in [3.63, 3.8) is 0 Å². The fraction of sp³-hybridized carbons (Fsp3) is 0.160. The van der Waals surface area contributed by atoms with E-state index < -0.39 is 5.91 Å². The van der Waals surface area contributed by atoms with E-state index in [9.17, 15) is 9.59 Å². The monoisotopic (exact) mass is 478 g/mol. The standard InChI is InChI=1S/C25H23ClN4O4/c1-16-12-19(9-10-21(16)26)34-15-17-5-7-18(8-6-17)24(31)28-22-14-30(2)29-23(22)25(32)27-13-20-4-3-11-33-20/h3-12,14H,13,15H2,1-2H3,(H,27,32)(H,28,31). The van der Waals surface area contributed by atoms with Gasteiger partial charge in [0.1, 0.15) is 18.1 Å². The summed E-state index contributed by atoms with van der Waals surface area (Å²) in [6.07, 6.45) is 3.11. The second-order valence-electron chi connectivity index (χ2n) is 7.68. The zero-order valence-corrected chi connectivity index (χ0v) is 19.4. The number of aromatic nitrogens is 2. The summed E-state index contributed by atoms with van der Waals surface area (Å²) in [6.45, 7) is 2.49. The number of anilines is 1. The molecule has 2 aromatic heterocycles. The van der Waals surface area contributed by atoms with E-state index in [1.165, 1.54) is 10.9 Å². The average Bonchev–Trinajstić information content (AvgIpc) is 3.48. The number of aryl methyl sites for hydroxylation is 2. The number of hydrogen-bond donors (Lipinski definition) is 2. The molecule has 0 aliphatic carbocycles. The predicted octanol–water partition coefficient (Wildman–Crippen LogP) is 4.74. The number of ether oxygens (including phenoxy) is 1. The van der Waals surface area contributed by atoms with Crippen LogP contribution in [0.15, 0.2) is 71.5 Å². The molecule has 9 heteroatoms. The van der Waals surface area contributed by atoms with Gasteiger partial charge in [-0.25, -0.2) is 0 Å². The molecule has 0 radical (unpaired) electrons. The van der Waals surface area contributed by atoms with Crippen LogP contribution in [0.25, 0.3) is 0 Å². The van der Waals surface area contributed by atoms with Gasteiger partial charge in [-0.3, -0.25) is 14.3 Å². The molecule has 0 atom stereocenters. The summed E-state index contributed by atoms with van der Waals surface area (Å²) in [5, 5.41) is 10.3. The zero-order valence-electron chi connectivity index (χ0n) is 18.7. The molecule has 2 aromatic carbocycles. The zero-order chi connectivity index (χ0) is 24.1. The first-order valence-electron chi connectivity index (χ1n) is 10.5. The van der Waals surface area contributed by atoms with Gasteiger partial charge in [0.2, 0.25) is 0 Å². The lowest BCUT2D eigenvalue weighted by Gasteiger charge is -2.09. The van der Waals surface area contributed by atoms with Gasteiger partial charge in [0.25, 0.3) is 11.8 Å². The molecule has 4 aromatic rings. The molecule has 2 heterocycles. The van der Waals surface area contributed by atoms with Crippen LogP contribution in [0.1, 0.15) is 37.7 Å². The Labute approximate surface area is 201 Å². The summed E-state index contributed by atoms with van der Waals surface area (Å²) in [4.78, 5) is 25.3. The second-order valence-corrected chi connectivity index (χ2v) is 8.09. The van der Waals surface area contributed by atoms with Crippen LogP contribution in [-0.4, -0.2) is 21.6 Å². The van der Waals surface area contributed by atoms with Gasteiger partial charge in [-0.2, -0.15) is 5.10 Å². The first-order chi connectivity index (χ1) is 16.4. The highest BCUT2D eigenvalue weighted by Crippen LogP contribution is 2.22. The van der Waals surface area contributed by atoms with E-state index in [2.05, 4.69) is 15.7 Å². The first kappa shape index (κ1) is 23.1. The highest BCUT2D eigenvalue weighted by atomic mass is 35.5. The summed E-state index contributed by atoms with van der Waals surface area (Å²) >= 11 is 6.04. The summed E-state index contributed by atoms with van der Waals surface area (Å²) in [7, 11) is 1.68. The van der Waals surface area contributed by atoms with Crippen molar-refractivity contribution in [3.05, 3.63) is 100 Å². The molecule has 0 fully saturated rings. The van der Waals surface area contributed by atoms with Gasteiger partial charge < -0.3 is 19.8 Å². The summed E-state index contributed by atoms with van der Waals surface area (Å²) < 4.78 is 12.5. The SMILES string of the molecule is Cc1cc(OCc2ccc(C(=O)Nc3cn(C)nc3C(=O)NCc3ccco3)cc2)ccc1Cl. The van der Waals surface area contributed by atoms with Crippen LogP contribution >= 0.6 is 11.6 Å². The first-order valence-corrected chi connectivity index (χ1v) is 10.9. The van der Waals surface area contributed by atoms with Crippen molar-refractivity contribution in [1.82, 2.24) is 15.1 Å². The molecule has 174 valence electrons. The Morgan fingerprint density at radius 2 is 1.91 bits per heavy atom. The highest BCUT2D eigenvalue weighted by Gasteiger charge is 2.19. The van der Waals surface area contributed by atoms with Crippen molar-refractivity contribution in [2.45, 2.75) is 20.1 Å². The van der Waals surface area contributed by atoms with E-state index in [0.29, 0.717) is 28.6 Å². The fourth-order valence-electron chi connectivity index (χ4n) is 3.23. The fourth-order valence-corrected chi connectivity index (χ4v) is 3.35. The molecule has 0 unspecified atom stereocenters. The summed E-state index contributed by atoms with van der Waals surface area (Å²) in [5.74, 6) is 0.564. The van der Waals surface area contributed by atoms with Gasteiger partial charge in [-0.05, 0) is 60.5 Å². The maximum atomic E-state index is 12.8. The lowest BCUT2D eigenvalue weighted by Crippen LogP contribution is -2.25. The second kappa shape index (κ2) is 10.3. The van der Waals surface area contributed by atoms with E-state index in [1.807, 2.05) is 31.2 Å². The molecule has 4 rings (SSSR count). The molecule has 8 nitrogen and oxygen atoms in total. The topological polar surface area (TPSA) is 98.4 Å². The minimum Gasteiger partial charge on any atom is -0.489 e. The molecule has 2 amide bonds. The third-order valence-corrected chi connectivity index (χ3v) is 5.47. The van der Waals surface area contributed by atoms with E-state index in [-0.39, 0.29) is 18.1 Å². The van der Waals surface area contributed by atoms with Gasteiger partial charge in [-0.1, -0.05) is 23.7 Å². The molecule has 2 N–H and O–H groups in total. The molecular formula is C25H23ClN4O4. The maximum absolute atomic E-state index is 12.8. The molecule has 0 saturated heterocycles. The number of nitrogens with zero attached hydrogens (tertiary/aromatic N) is 2. The van der Waals surface area contributed by atoms with Crippen molar-refractivity contribution in [2.24, 2.45) is 7.05 Å². The van der Waals surface area contributed by atoms with Gasteiger partial charge in [0.05, 0.1) is 18.5 Å². The normalized spacial score (nSPS) is 10.7. The molecule has 0 bridgehead atoms. The van der Waals surface area contributed by atoms with Crippen molar-refractivity contribution < 1.29 is 18.7 Å². The Morgan fingerprint density at radius 1 is 1.12 bits per heavy atom. The Morgan fingerprint density at radius 3 is 2.62 bits per heavy atom. The molecule has 0 saturated carbocycles. The van der Waals surface area contributed by atoms with Gasteiger partial charge in [0, 0.05) is 23.8 Å². The smallest absolute Gasteiger partial charge is 0.274 e. The largest absolute Gasteiger partial charge is 0.489 e. The van der Waals surface area contributed by atoms with E-state index in [1.54, 1.807) is 43.6 Å². The van der Waals surface area contributed by atoms with Crippen LogP contribution < -0.4 is 15.4 Å². The van der Waals surface area contributed by atoms with Gasteiger partial charge in [0.15, 0.2) is 5.69 Å². The molecular weight excluding hydrogens is 456 g/mol. The summed E-state index contributed by atoms with van der Waals surface area (Å²) in [6, 6.07) is 16.0. The highest BCUT2D eigenvalue weighted by molar-refractivity contribution is 6.31. The van der Waals surface area contributed by atoms with Crippen LogP contribution in [0.2, 0.25) is 5.02 Å². The maximum Gasteiger partial charge on any atom is 0.274 e. The number of nitrogens with one attached hydrogen (secondary N) is 2. The number of furan rings is 1. The molecule has 34 heavy (non-hydrogen) atoms. The van der Waals surface area contributed by atoms with Gasteiger partial charge >= 0.3 is 0 Å². The van der Waals surface area contributed by atoms with Crippen LogP contribution in [0.5, 0.6) is 5.75 Å². The lowest BCUT2D eigenvalue weighted by atomic mass is 10.1. The number of carbonyl (C=O) groups excluding carboxylic acids is 2. The Hall–Kier alpha value is -4.04. The van der Waals surface area contributed by atoms with E-state index in [0.717, 1.165) is 16.9 Å². The third-order valence-electron chi connectivity index (χ3n) is 5.05. The third kappa shape index (κ3) is 5.65. The quantitative estimate of drug-likeness (QED) is 0.381. The van der Waals surface area contributed by atoms with Gasteiger partial charge in [-0.15, -0.1) is 0 Å². The molecule has 0 spiro atoms. The number of halogens is 1. The minimum absolute atomic E-state index is 0.116. The van der Waals surface area contributed by atoms with Crippen LogP contribution in [0, 0.1) is 6.92 Å². The number of carbonyl (C=O) groups is 2. The van der Waals surface area contributed by atoms with Crippen LogP contribution in [0.3, 0.4) is 0 Å². The van der Waals surface area contributed by atoms with Crippen molar-refractivity contribution in [1.29, 1.82) is 0 Å². The Balaban J connectivity index is 1.37. The molecule has 0 aliphatic heterocycles. The number of rotatable bonds is 8. The number of benzene rings is 2. The van der Waals surface area contributed by atoms with Crippen molar-refractivity contribution in [3.8, 4) is 5.75 Å². The van der Waals surface area contributed by atoms with Crippen molar-refractivity contribution >= 4 is 29.1 Å². The summed E-state index contributed by atoms with van der Waals surface area (Å²) in [5.41, 5.74) is 2.72. The average molecular weight is 479 g/mol. The Kier molecular flexibility index (Phi) is 6.98. The van der Waals surface area contributed by atoms with E-state index in [4.69, 9.17) is 20.8 Å². The van der Waals surface area contributed by atoms with Crippen molar-refractivity contribution in [2.75, 3.05) is 5.32 Å². The van der Waals surface area contributed by atoms with Crippen LogP contribution in [-0.2, 0) is 20.2 Å². The number of amides is 2. The minimum atomic E-state index is -0.419.